The van der Waals surface area contributed by atoms with Crippen LogP contribution in [0.25, 0.3) is 0 Å². The molecule has 1 aliphatic heterocycles. The smallest absolute Gasteiger partial charge is 0.274 e. The average molecular weight is 511 g/mol. The zero-order chi connectivity index (χ0) is 25.3. The first kappa shape index (κ1) is 25.6. The van der Waals surface area contributed by atoms with Gasteiger partial charge in [0.15, 0.2) is 17.2 Å². The number of hydrogen-bond acceptors (Lipinski definition) is 5. The second kappa shape index (κ2) is 12.4. The van der Waals surface area contributed by atoms with Gasteiger partial charge in [0.2, 0.25) is 5.91 Å². The van der Waals surface area contributed by atoms with Crippen molar-refractivity contribution >= 4 is 29.1 Å². The van der Waals surface area contributed by atoms with E-state index in [0.717, 1.165) is 38.6 Å². The molecule has 1 aliphatic rings. The van der Waals surface area contributed by atoms with E-state index in [-0.39, 0.29) is 18.4 Å². The van der Waals surface area contributed by atoms with Gasteiger partial charge in [0.05, 0.1) is 12.3 Å². The second-order valence-electron chi connectivity index (χ2n) is 8.69. The van der Waals surface area contributed by atoms with Gasteiger partial charge in [0.1, 0.15) is 12.2 Å². The molecule has 190 valence electrons. The number of ether oxygens (including phenoxy) is 2. The molecule has 36 heavy (non-hydrogen) atoms. The zero-order valence-electron chi connectivity index (χ0n) is 20.4. The van der Waals surface area contributed by atoms with Crippen LogP contribution in [0.1, 0.15) is 49.5 Å². The van der Waals surface area contributed by atoms with E-state index in [1.54, 1.807) is 40.0 Å². The number of carbonyl (C=O) groups excluding carboxylic acids is 2. The van der Waals surface area contributed by atoms with Gasteiger partial charge < -0.3 is 19.7 Å². The van der Waals surface area contributed by atoms with E-state index in [0.29, 0.717) is 46.8 Å². The first-order valence-electron chi connectivity index (χ1n) is 12.4. The van der Waals surface area contributed by atoms with Crippen molar-refractivity contribution in [2.24, 2.45) is 0 Å². The summed E-state index contributed by atoms with van der Waals surface area (Å²) in [5.41, 5.74) is 0.747. The van der Waals surface area contributed by atoms with Crippen LogP contribution in [0.3, 0.4) is 0 Å². The highest BCUT2D eigenvalue weighted by molar-refractivity contribution is 6.31. The number of amides is 2. The fourth-order valence-electron chi connectivity index (χ4n) is 4.01. The molecule has 1 N–H and O–H groups in total. The van der Waals surface area contributed by atoms with Crippen molar-refractivity contribution in [3.05, 3.63) is 65.4 Å². The molecule has 8 nitrogen and oxygen atoms in total. The molecular formula is C27H31ClN4O4. The fraction of sp³-hybridized carbons (Fsp3) is 0.370. The number of benzene rings is 2. The highest BCUT2D eigenvalue weighted by Crippen LogP contribution is 2.36. The molecule has 0 bridgehead atoms. The maximum atomic E-state index is 13.2. The van der Waals surface area contributed by atoms with Crippen LogP contribution in [0.2, 0.25) is 5.02 Å². The maximum absolute atomic E-state index is 13.2. The molecule has 0 atom stereocenters. The molecule has 0 aliphatic carbocycles. The molecule has 4 rings (SSSR count). The van der Waals surface area contributed by atoms with Crippen molar-refractivity contribution < 1.29 is 19.1 Å². The van der Waals surface area contributed by atoms with Crippen LogP contribution in [0.5, 0.6) is 17.2 Å². The summed E-state index contributed by atoms with van der Waals surface area (Å²) in [5, 5.41) is 7.71. The average Bonchev–Trinajstić information content (AvgIpc) is 3.33. The minimum absolute atomic E-state index is 0.106. The largest absolute Gasteiger partial charge is 0.490 e. The van der Waals surface area contributed by atoms with E-state index >= 15 is 0 Å². The SMILES string of the molecule is CCCn1ccc(C(=O)N2CCCCCCOc3ccccc3Oc3ccc(Cl)cc3NC(=O)C2)n1. The summed E-state index contributed by atoms with van der Waals surface area (Å²) in [5.74, 6) is 0.992. The first-order valence-corrected chi connectivity index (χ1v) is 12.7. The third kappa shape index (κ3) is 6.79. The number of aryl methyl sites for hydroxylation is 1. The van der Waals surface area contributed by atoms with Crippen LogP contribution in [0.4, 0.5) is 5.69 Å². The zero-order valence-corrected chi connectivity index (χ0v) is 21.2. The summed E-state index contributed by atoms with van der Waals surface area (Å²) in [6.07, 6.45) is 6.22. The van der Waals surface area contributed by atoms with Gasteiger partial charge in [0.25, 0.3) is 5.91 Å². The Kier molecular flexibility index (Phi) is 8.84. The molecule has 2 aromatic carbocycles. The molecular weight excluding hydrogens is 480 g/mol. The third-order valence-electron chi connectivity index (χ3n) is 5.80. The van der Waals surface area contributed by atoms with Crippen LogP contribution in [0, 0.1) is 0 Å². The monoisotopic (exact) mass is 510 g/mol. The number of para-hydroxylation sites is 2. The highest BCUT2D eigenvalue weighted by atomic mass is 35.5. The Balaban J connectivity index is 1.58. The van der Waals surface area contributed by atoms with Crippen LogP contribution < -0.4 is 14.8 Å². The predicted molar refractivity (Wildman–Crippen MR) is 139 cm³/mol. The number of nitrogens with one attached hydrogen (secondary N) is 1. The molecule has 0 unspecified atom stereocenters. The minimum Gasteiger partial charge on any atom is -0.490 e. The number of nitrogens with zero attached hydrogens (tertiary/aromatic N) is 3. The Morgan fingerprint density at radius 3 is 2.69 bits per heavy atom. The Morgan fingerprint density at radius 2 is 1.86 bits per heavy atom. The molecule has 0 spiro atoms. The van der Waals surface area contributed by atoms with Crippen LogP contribution >= 0.6 is 11.6 Å². The molecule has 0 saturated heterocycles. The second-order valence-corrected chi connectivity index (χ2v) is 9.13. The van der Waals surface area contributed by atoms with E-state index < -0.39 is 0 Å². The van der Waals surface area contributed by atoms with Crippen molar-refractivity contribution in [2.75, 3.05) is 25.0 Å². The minimum atomic E-state index is -0.347. The lowest BCUT2D eigenvalue weighted by Crippen LogP contribution is -2.39. The standard InChI is InChI=1S/C27H31ClN4O4/c1-2-14-32-16-13-21(30-32)27(34)31-15-7-3-4-8-17-35-24-9-5-6-10-25(24)36-23-12-11-20(28)18-22(23)29-26(33)19-31/h5-6,9-13,16,18H,2-4,7-8,14-15,17,19H2,1H3,(H,29,33). The summed E-state index contributed by atoms with van der Waals surface area (Å²) >= 11 is 6.22. The normalized spacial score (nSPS) is 15.2. The number of hydrogen-bond donors (Lipinski definition) is 1. The van der Waals surface area contributed by atoms with Crippen LogP contribution in [-0.2, 0) is 11.3 Å². The lowest BCUT2D eigenvalue weighted by Gasteiger charge is -2.22. The van der Waals surface area contributed by atoms with E-state index in [1.165, 1.54) is 0 Å². The molecule has 0 radical (unpaired) electrons. The molecule has 2 amide bonds. The number of aromatic nitrogens is 2. The summed E-state index contributed by atoms with van der Waals surface area (Å²) in [6.45, 7) is 3.69. The van der Waals surface area contributed by atoms with Crippen LogP contribution in [-0.4, -0.2) is 46.2 Å². The van der Waals surface area contributed by atoms with Crippen LogP contribution in [0.15, 0.2) is 54.7 Å². The van der Waals surface area contributed by atoms with E-state index in [1.807, 2.05) is 24.3 Å². The summed E-state index contributed by atoms with van der Waals surface area (Å²) in [7, 11) is 0. The predicted octanol–water partition coefficient (Wildman–Crippen LogP) is 5.77. The number of halogens is 1. The fourth-order valence-corrected chi connectivity index (χ4v) is 4.18. The lowest BCUT2D eigenvalue weighted by molar-refractivity contribution is -0.116. The van der Waals surface area contributed by atoms with Gasteiger partial charge in [-0.15, -0.1) is 0 Å². The van der Waals surface area contributed by atoms with Gasteiger partial charge in [-0.2, -0.15) is 5.10 Å². The quantitative estimate of drug-likeness (QED) is 0.483. The summed E-state index contributed by atoms with van der Waals surface area (Å²) in [6, 6.07) is 14.1. The maximum Gasteiger partial charge on any atom is 0.274 e. The van der Waals surface area contributed by atoms with Crippen molar-refractivity contribution in [3.8, 4) is 17.2 Å². The van der Waals surface area contributed by atoms with E-state index in [2.05, 4.69) is 17.3 Å². The topological polar surface area (TPSA) is 85.7 Å². The number of carbonyl (C=O) groups is 2. The van der Waals surface area contributed by atoms with Gasteiger partial charge in [-0.25, -0.2) is 0 Å². The van der Waals surface area contributed by atoms with E-state index in [9.17, 15) is 9.59 Å². The molecule has 2 heterocycles. The molecule has 0 fully saturated rings. The number of rotatable bonds is 3. The molecule has 3 aromatic rings. The van der Waals surface area contributed by atoms with Gasteiger partial charge >= 0.3 is 0 Å². The van der Waals surface area contributed by atoms with Crippen molar-refractivity contribution in [2.45, 2.75) is 45.6 Å². The van der Waals surface area contributed by atoms with Crippen molar-refractivity contribution in [3.63, 3.8) is 0 Å². The van der Waals surface area contributed by atoms with Gasteiger partial charge in [-0.1, -0.05) is 43.5 Å². The highest BCUT2D eigenvalue weighted by Gasteiger charge is 2.22. The molecule has 9 heteroatoms. The Labute approximate surface area is 216 Å². The molecule has 1 aromatic heterocycles. The Hall–Kier alpha value is -3.52. The number of anilines is 1. The molecule has 0 saturated carbocycles. The summed E-state index contributed by atoms with van der Waals surface area (Å²) < 4.78 is 13.8. The van der Waals surface area contributed by atoms with Crippen molar-refractivity contribution in [1.29, 1.82) is 0 Å². The van der Waals surface area contributed by atoms with Gasteiger partial charge in [0, 0.05) is 24.3 Å². The first-order chi connectivity index (χ1) is 17.5. The third-order valence-corrected chi connectivity index (χ3v) is 6.03. The summed E-state index contributed by atoms with van der Waals surface area (Å²) in [4.78, 5) is 27.9. The van der Waals surface area contributed by atoms with Gasteiger partial charge in [-0.3, -0.25) is 14.3 Å². The van der Waals surface area contributed by atoms with E-state index in [4.69, 9.17) is 21.1 Å². The lowest BCUT2D eigenvalue weighted by atomic mass is 10.2. The van der Waals surface area contributed by atoms with Gasteiger partial charge in [-0.05, 0) is 55.7 Å². The Morgan fingerprint density at radius 1 is 1.06 bits per heavy atom. The Bertz CT molecular complexity index is 1200. The number of fused-ring (bicyclic) bond motifs is 2. The van der Waals surface area contributed by atoms with Crippen molar-refractivity contribution in [1.82, 2.24) is 14.7 Å².